The molecule has 0 aromatic rings. The molecule has 4 nitrogen and oxygen atoms in total. The van der Waals surface area contributed by atoms with Crippen LogP contribution in [0.25, 0.3) is 0 Å². The SMILES string of the molecule is C1CN2CCN1CC2.CCCCCBr.CCCCC[N+]12CCN(CC1)CC2.[Br-]. The molecule has 6 fully saturated rings. The summed E-state index contributed by atoms with van der Waals surface area (Å²) in [5.74, 6) is 0. The maximum absolute atomic E-state index is 3.35. The van der Waals surface area contributed by atoms with E-state index in [1.165, 1.54) is 133 Å². The van der Waals surface area contributed by atoms with E-state index in [0.717, 1.165) is 0 Å². The zero-order valence-electron chi connectivity index (χ0n) is 18.7. The minimum Gasteiger partial charge on any atom is -1.00 e. The summed E-state index contributed by atoms with van der Waals surface area (Å²) in [6.07, 6.45) is 8.28. The molecule has 6 heteroatoms. The summed E-state index contributed by atoms with van der Waals surface area (Å²) in [5, 5.41) is 1.17. The van der Waals surface area contributed by atoms with Gasteiger partial charge in [-0.15, -0.1) is 0 Å². The van der Waals surface area contributed by atoms with Crippen molar-refractivity contribution in [2.75, 3.05) is 90.4 Å². The zero-order valence-corrected chi connectivity index (χ0v) is 21.9. The van der Waals surface area contributed by atoms with E-state index < -0.39 is 0 Å². The molecular formula is C22H46Br2N4. The van der Waals surface area contributed by atoms with Gasteiger partial charge in [-0.05, 0) is 19.3 Å². The molecule has 168 valence electrons. The summed E-state index contributed by atoms with van der Waals surface area (Å²) in [4.78, 5) is 7.71. The summed E-state index contributed by atoms with van der Waals surface area (Å²) < 4.78 is 1.45. The lowest BCUT2D eigenvalue weighted by Crippen LogP contribution is -3.00. The predicted octanol–water partition coefficient (Wildman–Crippen LogP) is 0.516. The topological polar surface area (TPSA) is 9.72 Å². The molecule has 0 aromatic carbocycles. The molecule has 0 amide bonds. The second-order valence-electron chi connectivity index (χ2n) is 8.86. The van der Waals surface area contributed by atoms with Gasteiger partial charge in [0, 0.05) is 64.2 Å². The van der Waals surface area contributed by atoms with Gasteiger partial charge in [0.2, 0.25) is 0 Å². The van der Waals surface area contributed by atoms with Gasteiger partial charge in [-0.1, -0.05) is 49.0 Å². The number of fused-ring (bicyclic) bond motifs is 6. The number of alkyl halides is 1. The molecule has 28 heavy (non-hydrogen) atoms. The van der Waals surface area contributed by atoms with E-state index in [1.54, 1.807) is 0 Å². The van der Waals surface area contributed by atoms with Crippen LogP contribution < -0.4 is 17.0 Å². The first-order valence-electron chi connectivity index (χ1n) is 11.8. The van der Waals surface area contributed by atoms with Gasteiger partial charge in [0.05, 0.1) is 26.2 Å². The van der Waals surface area contributed by atoms with Gasteiger partial charge < -0.3 is 21.5 Å². The first-order chi connectivity index (χ1) is 13.2. The highest BCUT2D eigenvalue weighted by Crippen LogP contribution is 2.20. The highest BCUT2D eigenvalue weighted by molar-refractivity contribution is 9.09. The summed E-state index contributed by atoms with van der Waals surface area (Å²) >= 11 is 3.35. The average molecular weight is 526 g/mol. The van der Waals surface area contributed by atoms with Gasteiger partial charge in [-0.2, -0.15) is 0 Å². The Bertz CT molecular complexity index is 327. The standard InChI is InChI=1S/C11H23N2.C6H12N2.C5H11Br.BrH/c1-2-3-4-8-13-9-5-12(6-10-13)7-11-13;1-2-8-5-3-7(1)4-6-8;1-2-3-4-5-6;/h2-11H2,1H3;1-6H2;2-5H2,1H3;1H/q+1;;;/p-1. The molecule has 0 aliphatic carbocycles. The Morgan fingerprint density at radius 3 is 1.32 bits per heavy atom. The van der Waals surface area contributed by atoms with Crippen LogP contribution in [-0.4, -0.2) is 110 Å². The summed E-state index contributed by atoms with van der Waals surface area (Å²) in [7, 11) is 0. The van der Waals surface area contributed by atoms with E-state index in [2.05, 4.69) is 44.5 Å². The van der Waals surface area contributed by atoms with Crippen LogP contribution in [0.4, 0.5) is 0 Å². The van der Waals surface area contributed by atoms with Gasteiger partial charge in [-0.25, -0.2) is 0 Å². The van der Waals surface area contributed by atoms with E-state index in [0.29, 0.717) is 0 Å². The molecule has 6 aliphatic heterocycles. The zero-order chi connectivity index (χ0) is 19.4. The van der Waals surface area contributed by atoms with Gasteiger partial charge >= 0.3 is 0 Å². The van der Waals surface area contributed by atoms with E-state index >= 15 is 0 Å². The second-order valence-corrected chi connectivity index (χ2v) is 9.66. The lowest BCUT2D eigenvalue weighted by atomic mass is 10.1. The Kier molecular flexibility index (Phi) is 14.9. The van der Waals surface area contributed by atoms with Crippen LogP contribution in [0.5, 0.6) is 0 Å². The molecule has 0 N–H and O–H groups in total. The third-order valence-electron chi connectivity index (χ3n) is 6.84. The van der Waals surface area contributed by atoms with Crippen molar-refractivity contribution in [2.24, 2.45) is 0 Å². The number of nitrogens with zero attached hydrogens (tertiary/aromatic N) is 4. The Morgan fingerprint density at radius 2 is 1.00 bits per heavy atom. The number of piperazine rings is 6. The minimum absolute atomic E-state index is 0. The highest BCUT2D eigenvalue weighted by Gasteiger charge is 2.37. The summed E-state index contributed by atoms with van der Waals surface area (Å²) in [6, 6.07) is 0. The molecule has 0 spiro atoms. The fourth-order valence-corrected chi connectivity index (χ4v) is 5.02. The number of rotatable bonds is 7. The number of hydrogen-bond donors (Lipinski definition) is 0. The van der Waals surface area contributed by atoms with E-state index in [-0.39, 0.29) is 17.0 Å². The van der Waals surface area contributed by atoms with Crippen molar-refractivity contribution in [1.29, 1.82) is 0 Å². The molecule has 6 saturated heterocycles. The molecule has 4 bridgehead atoms. The molecule has 6 aliphatic rings. The second kappa shape index (κ2) is 15.6. The molecule has 6 heterocycles. The first kappa shape index (κ1) is 26.8. The van der Waals surface area contributed by atoms with Crippen LogP contribution in [0.1, 0.15) is 52.4 Å². The Balaban J connectivity index is 0.000000225. The fraction of sp³-hybridized carbons (Fsp3) is 1.00. The largest absolute Gasteiger partial charge is 1.00 e. The van der Waals surface area contributed by atoms with Crippen LogP contribution in [0, 0.1) is 0 Å². The Hall–Kier alpha value is 0.800. The molecule has 0 unspecified atom stereocenters. The van der Waals surface area contributed by atoms with Crippen molar-refractivity contribution in [3.05, 3.63) is 0 Å². The average Bonchev–Trinajstić information content (AvgIpc) is 2.76. The van der Waals surface area contributed by atoms with Crippen LogP contribution in [0.3, 0.4) is 0 Å². The molecule has 0 aromatic heterocycles. The lowest BCUT2D eigenvalue weighted by Gasteiger charge is -2.50. The van der Waals surface area contributed by atoms with Crippen LogP contribution in [0.15, 0.2) is 0 Å². The predicted molar refractivity (Wildman–Crippen MR) is 122 cm³/mol. The van der Waals surface area contributed by atoms with E-state index in [9.17, 15) is 0 Å². The molecule has 6 rings (SSSR count). The number of halogens is 2. The van der Waals surface area contributed by atoms with Gasteiger partial charge in [0.1, 0.15) is 0 Å². The normalized spacial score (nSPS) is 32.5. The molecule has 0 atom stereocenters. The van der Waals surface area contributed by atoms with Crippen molar-refractivity contribution in [3.8, 4) is 0 Å². The Morgan fingerprint density at radius 1 is 0.607 bits per heavy atom. The van der Waals surface area contributed by atoms with Crippen molar-refractivity contribution >= 4 is 15.9 Å². The quantitative estimate of drug-likeness (QED) is 0.272. The lowest BCUT2D eigenvalue weighted by molar-refractivity contribution is -0.941. The monoisotopic (exact) mass is 524 g/mol. The molecule has 0 radical (unpaired) electrons. The smallest absolute Gasteiger partial charge is 0.0916 e. The van der Waals surface area contributed by atoms with Gasteiger partial charge in [0.15, 0.2) is 0 Å². The fourth-order valence-electron chi connectivity index (χ4n) is 4.63. The third kappa shape index (κ3) is 9.74. The summed E-state index contributed by atoms with van der Waals surface area (Å²) in [6.45, 7) is 22.3. The van der Waals surface area contributed by atoms with Crippen LogP contribution in [-0.2, 0) is 0 Å². The molecular weight excluding hydrogens is 480 g/mol. The maximum Gasteiger partial charge on any atom is 0.0916 e. The highest BCUT2D eigenvalue weighted by atomic mass is 79.9. The van der Waals surface area contributed by atoms with E-state index in [1.807, 2.05) is 0 Å². The van der Waals surface area contributed by atoms with Crippen LogP contribution in [0.2, 0.25) is 0 Å². The van der Waals surface area contributed by atoms with Crippen molar-refractivity contribution < 1.29 is 21.5 Å². The third-order valence-corrected chi connectivity index (χ3v) is 7.40. The first-order valence-corrected chi connectivity index (χ1v) is 12.9. The van der Waals surface area contributed by atoms with Crippen molar-refractivity contribution in [1.82, 2.24) is 14.7 Å². The van der Waals surface area contributed by atoms with Gasteiger partial charge in [-0.3, -0.25) is 14.7 Å². The molecule has 0 saturated carbocycles. The van der Waals surface area contributed by atoms with E-state index in [4.69, 9.17) is 0 Å². The minimum atomic E-state index is 0. The Labute approximate surface area is 194 Å². The number of quaternary nitrogens is 1. The maximum atomic E-state index is 3.35. The number of unbranched alkanes of at least 4 members (excludes halogenated alkanes) is 4. The van der Waals surface area contributed by atoms with Crippen molar-refractivity contribution in [2.45, 2.75) is 52.4 Å². The number of hydrogen-bond acceptors (Lipinski definition) is 3. The van der Waals surface area contributed by atoms with Crippen molar-refractivity contribution in [3.63, 3.8) is 0 Å². The summed E-state index contributed by atoms with van der Waals surface area (Å²) in [5.41, 5.74) is 0. The van der Waals surface area contributed by atoms with Crippen LogP contribution >= 0.6 is 15.9 Å². The van der Waals surface area contributed by atoms with Gasteiger partial charge in [0.25, 0.3) is 0 Å².